The van der Waals surface area contributed by atoms with Crippen molar-refractivity contribution in [3.63, 3.8) is 0 Å². The number of benzene rings is 1. The van der Waals surface area contributed by atoms with E-state index in [1.807, 2.05) is 12.1 Å². The molecule has 1 aromatic heterocycles. The van der Waals surface area contributed by atoms with Crippen molar-refractivity contribution in [3.05, 3.63) is 30.0 Å². The third-order valence-corrected chi connectivity index (χ3v) is 2.60. The summed E-state index contributed by atoms with van der Waals surface area (Å²) in [7, 11) is 0. The van der Waals surface area contributed by atoms with Crippen molar-refractivity contribution in [2.24, 2.45) is 0 Å². The van der Waals surface area contributed by atoms with E-state index in [0.717, 1.165) is 30.0 Å². The Balaban J connectivity index is 2.06. The van der Waals surface area contributed by atoms with Gasteiger partial charge in [-0.05, 0) is 23.8 Å². The maximum atomic E-state index is 5.54. The molecule has 1 aromatic carbocycles. The summed E-state index contributed by atoms with van der Waals surface area (Å²) in [5, 5.41) is 0. The lowest BCUT2D eigenvalue weighted by molar-refractivity contribution is 0.357. The van der Waals surface area contributed by atoms with Gasteiger partial charge in [-0.2, -0.15) is 0 Å². The number of rotatable bonds is 1. The second kappa shape index (κ2) is 3.02. The van der Waals surface area contributed by atoms with Crippen LogP contribution in [0.25, 0.3) is 11.3 Å². The molecule has 0 unspecified atom stereocenters. The van der Waals surface area contributed by atoms with Crippen LogP contribution >= 0.6 is 0 Å². The van der Waals surface area contributed by atoms with E-state index < -0.39 is 0 Å². The Morgan fingerprint density at radius 3 is 3.13 bits per heavy atom. The molecule has 0 amide bonds. The first kappa shape index (κ1) is 8.35. The van der Waals surface area contributed by atoms with Gasteiger partial charge in [0, 0.05) is 12.0 Å². The van der Waals surface area contributed by atoms with Crippen molar-refractivity contribution in [2.75, 3.05) is 12.3 Å². The van der Waals surface area contributed by atoms with Crippen molar-refractivity contribution in [2.45, 2.75) is 6.42 Å². The quantitative estimate of drug-likeness (QED) is 0.736. The molecule has 4 heteroatoms. The number of hydrogen-bond donors (Lipinski definition) is 2. The summed E-state index contributed by atoms with van der Waals surface area (Å²) in [6.07, 6.45) is 2.72. The molecule has 0 spiro atoms. The first-order chi connectivity index (χ1) is 7.33. The van der Waals surface area contributed by atoms with Crippen LogP contribution in [0.3, 0.4) is 0 Å². The van der Waals surface area contributed by atoms with E-state index in [1.165, 1.54) is 5.56 Å². The number of aromatic amines is 1. The summed E-state index contributed by atoms with van der Waals surface area (Å²) >= 11 is 0. The standard InChI is InChI=1S/C11H11N3O/c12-11-13-6-9(14-11)7-1-2-10-8(5-7)3-4-15-10/h1-2,5-6H,3-4H2,(H3,12,13,14). The summed E-state index contributed by atoms with van der Waals surface area (Å²) in [6, 6.07) is 6.13. The number of nitrogen functional groups attached to an aromatic ring is 1. The molecule has 1 aliphatic heterocycles. The predicted molar refractivity (Wildman–Crippen MR) is 57.6 cm³/mol. The van der Waals surface area contributed by atoms with E-state index >= 15 is 0 Å². The highest BCUT2D eigenvalue weighted by molar-refractivity contribution is 5.63. The van der Waals surface area contributed by atoms with E-state index in [0.29, 0.717) is 5.95 Å². The van der Waals surface area contributed by atoms with Crippen LogP contribution in [-0.4, -0.2) is 16.6 Å². The van der Waals surface area contributed by atoms with Gasteiger partial charge in [0.05, 0.1) is 18.5 Å². The topological polar surface area (TPSA) is 63.9 Å². The maximum Gasteiger partial charge on any atom is 0.197 e. The minimum Gasteiger partial charge on any atom is -0.493 e. The molecule has 3 rings (SSSR count). The second-order valence-corrected chi connectivity index (χ2v) is 3.60. The number of nitrogens with zero attached hydrogens (tertiary/aromatic N) is 1. The zero-order valence-electron chi connectivity index (χ0n) is 8.16. The first-order valence-electron chi connectivity index (χ1n) is 4.89. The van der Waals surface area contributed by atoms with Gasteiger partial charge in [0.1, 0.15) is 5.75 Å². The average Bonchev–Trinajstić information content (AvgIpc) is 2.84. The summed E-state index contributed by atoms with van der Waals surface area (Å²) in [4.78, 5) is 6.99. The number of nitrogens with two attached hydrogens (primary N) is 1. The van der Waals surface area contributed by atoms with Crippen LogP contribution in [-0.2, 0) is 6.42 Å². The van der Waals surface area contributed by atoms with E-state index in [4.69, 9.17) is 10.5 Å². The number of hydrogen-bond acceptors (Lipinski definition) is 3. The first-order valence-corrected chi connectivity index (χ1v) is 4.89. The van der Waals surface area contributed by atoms with Gasteiger partial charge >= 0.3 is 0 Å². The van der Waals surface area contributed by atoms with Crippen LogP contribution < -0.4 is 10.5 Å². The second-order valence-electron chi connectivity index (χ2n) is 3.60. The van der Waals surface area contributed by atoms with Crippen LogP contribution in [0, 0.1) is 0 Å². The van der Waals surface area contributed by atoms with Gasteiger partial charge in [-0.25, -0.2) is 4.98 Å². The Bertz CT molecular complexity index is 504. The van der Waals surface area contributed by atoms with Crippen molar-refractivity contribution >= 4 is 5.95 Å². The molecule has 0 saturated heterocycles. The minimum absolute atomic E-state index is 0.446. The van der Waals surface area contributed by atoms with Gasteiger partial charge in [0.2, 0.25) is 0 Å². The van der Waals surface area contributed by atoms with Crippen LogP contribution in [0.4, 0.5) is 5.95 Å². The molecular formula is C11H11N3O. The van der Waals surface area contributed by atoms with Gasteiger partial charge in [-0.15, -0.1) is 0 Å². The Morgan fingerprint density at radius 1 is 1.40 bits per heavy atom. The fraction of sp³-hybridized carbons (Fsp3) is 0.182. The molecule has 4 nitrogen and oxygen atoms in total. The zero-order valence-corrected chi connectivity index (χ0v) is 8.16. The Morgan fingerprint density at radius 2 is 2.33 bits per heavy atom. The van der Waals surface area contributed by atoms with Crippen molar-refractivity contribution in [1.82, 2.24) is 9.97 Å². The molecule has 2 aromatic rings. The molecule has 0 radical (unpaired) electrons. The number of nitrogens with one attached hydrogen (secondary N) is 1. The summed E-state index contributed by atoms with van der Waals surface area (Å²) < 4.78 is 5.44. The molecule has 0 aliphatic carbocycles. The number of anilines is 1. The molecule has 2 heterocycles. The maximum absolute atomic E-state index is 5.54. The fourth-order valence-electron chi connectivity index (χ4n) is 1.84. The van der Waals surface area contributed by atoms with Crippen molar-refractivity contribution in [3.8, 4) is 17.0 Å². The van der Waals surface area contributed by atoms with Gasteiger partial charge < -0.3 is 15.5 Å². The summed E-state index contributed by atoms with van der Waals surface area (Å²) in [5.74, 6) is 1.44. The average molecular weight is 201 g/mol. The highest BCUT2D eigenvalue weighted by Gasteiger charge is 2.13. The van der Waals surface area contributed by atoms with Crippen LogP contribution in [0.1, 0.15) is 5.56 Å². The monoisotopic (exact) mass is 201 g/mol. The SMILES string of the molecule is Nc1ncc(-c2ccc3c(c2)CCO3)[nH]1. The smallest absolute Gasteiger partial charge is 0.197 e. The third kappa shape index (κ3) is 1.34. The predicted octanol–water partition coefficient (Wildman–Crippen LogP) is 1.59. The number of ether oxygens (including phenoxy) is 1. The summed E-state index contributed by atoms with van der Waals surface area (Å²) in [5.41, 5.74) is 8.83. The normalized spacial score (nSPS) is 13.6. The molecular weight excluding hydrogens is 190 g/mol. The largest absolute Gasteiger partial charge is 0.493 e. The molecule has 15 heavy (non-hydrogen) atoms. The van der Waals surface area contributed by atoms with Crippen molar-refractivity contribution < 1.29 is 4.74 Å². The lowest BCUT2D eigenvalue weighted by Crippen LogP contribution is -1.86. The van der Waals surface area contributed by atoms with E-state index in [-0.39, 0.29) is 0 Å². The van der Waals surface area contributed by atoms with E-state index in [2.05, 4.69) is 16.0 Å². The molecule has 76 valence electrons. The number of H-pyrrole nitrogens is 1. The Hall–Kier alpha value is -1.97. The molecule has 0 bridgehead atoms. The Labute approximate surface area is 87.1 Å². The molecule has 1 aliphatic rings. The van der Waals surface area contributed by atoms with Gasteiger partial charge in [-0.3, -0.25) is 0 Å². The van der Waals surface area contributed by atoms with Crippen LogP contribution in [0.2, 0.25) is 0 Å². The van der Waals surface area contributed by atoms with Crippen molar-refractivity contribution in [1.29, 1.82) is 0 Å². The molecule has 3 N–H and O–H groups in total. The van der Waals surface area contributed by atoms with E-state index in [9.17, 15) is 0 Å². The third-order valence-electron chi connectivity index (χ3n) is 2.60. The number of fused-ring (bicyclic) bond motifs is 1. The van der Waals surface area contributed by atoms with E-state index in [1.54, 1.807) is 6.20 Å². The van der Waals surface area contributed by atoms with Crippen LogP contribution in [0.15, 0.2) is 24.4 Å². The Kier molecular flexibility index (Phi) is 1.68. The minimum atomic E-state index is 0.446. The lowest BCUT2D eigenvalue weighted by Gasteiger charge is -2.01. The highest BCUT2D eigenvalue weighted by atomic mass is 16.5. The number of imidazole rings is 1. The summed E-state index contributed by atoms with van der Waals surface area (Å²) in [6.45, 7) is 0.782. The van der Waals surface area contributed by atoms with Crippen LogP contribution in [0.5, 0.6) is 5.75 Å². The molecule has 0 fully saturated rings. The molecule has 0 atom stereocenters. The number of aromatic nitrogens is 2. The van der Waals surface area contributed by atoms with Gasteiger partial charge in [0.15, 0.2) is 5.95 Å². The van der Waals surface area contributed by atoms with Gasteiger partial charge in [-0.1, -0.05) is 0 Å². The zero-order chi connectivity index (χ0) is 10.3. The molecule has 0 saturated carbocycles. The lowest BCUT2D eigenvalue weighted by atomic mass is 10.1. The van der Waals surface area contributed by atoms with Gasteiger partial charge in [0.25, 0.3) is 0 Å². The highest BCUT2D eigenvalue weighted by Crippen LogP contribution is 2.29. The fourth-order valence-corrected chi connectivity index (χ4v) is 1.84.